The molecule has 1 aliphatic heterocycles. The molecule has 1 N–H and O–H groups in total. The van der Waals surface area contributed by atoms with E-state index >= 15 is 0 Å². The van der Waals surface area contributed by atoms with E-state index in [4.69, 9.17) is 9.16 Å². The van der Waals surface area contributed by atoms with Crippen molar-refractivity contribution in [3.8, 4) is 0 Å². The monoisotopic (exact) mass is 514 g/mol. The van der Waals surface area contributed by atoms with Crippen LogP contribution in [-0.2, 0) is 20.4 Å². The number of aliphatic hydroxyl groups is 1. The van der Waals surface area contributed by atoms with Crippen molar-refractivity contribution in [2.24, 2.45) is 5.41 Å². The Kier molecular flexibility index (Phi) is 7.01. The summed E-state index contributed by atoms with van der Waals surface area (Å²) in [7, 11) is -2.75. The van der Waals surface area contributed by atoms with E-state index in [0.29, 0.717) is 38.7 Å². The summed E-state index contributed by atoms with van der Waals surface area (Å²) in [5.74, 6) is -1.35. The molecule has 3 aromatic rings. The second-order valence-corrected chi connectivity index (χ2v) is 16.0. The molecule has 5 heteroatoms. The van der Waals surface area contributed by atoms with E-state index in [2.05, 4.69) is 69.3 Å². The number of ether oxygens (including phenoxy) is 1. The summed E-state index contributed by atoms with van der Waals surface area (Å²) in [6.07, 6.45) is 2.20. The maximum Gasteiger partial charge on any atom is 0.261 e. The maximum atomic E-state index is 13.5. The summed E-state index contributed by atoms with van der Waals surface area (Å²) in [5.41, 5.74) is 0.111. The number of carbonyl (C=O) groups is 1. The SMILES string of the molecule is CC(C)(C)[Si](OC[C@@H]1C[C@@]2(Cc3ccccc3)C(=O)CCC[C@@]2(O)O1)(c1ccccc1)c1ccccc1. The Morgan fingerprint density at radius 2 is 1.46 bits per heavy atom. The summed E-state index contributed by atoms with van der Waals surface area (Å²) in [6.45, 7) is 7.09. The number of hydrogen-bond acceptors (Lipinski definition) is 4. The maximum absolute atomic E-state index is 13.5. The van der Waals surface area contributed by atoms with Gasteiger partial charge in [0.05, 0.1) is 18.1 Å². The molecule has 0 radical (unpaired) electrons. The van der Waals surface area contributed by atoms with Gasteiger partial charge in [0.25, 0.3) is 8.32 Å². The fraction of sp³-hybridized carbons (Fsp3) is 0.406. The van der Waals surface area contributed by atoms with Crippen LogP contribution >= 0.6 is 0 Å². The van der Waals surface area contributed by atoms with Crippen LogP contribution in [0.1, 0.15) is 52.0 Å². The second kappa shape index (κ2) is 9.95. The van der Waals surface area contributed by atoms with Crippen molar-refractivity contribution in [1.29, 1.82) is 0 Å². The summed E-state index contributed by atoms with van der Waals surface area (Å²) in [6, 6.07) is 31.1. The molecule has 37 heavy (non-hydrogen) atoms. The van der Waals surface area contributed by atoms with E-state index in [1.807, 2.05) is 42.5 Å². The number of benzene rings is 3. The van der Waals surface area contributed by atoms with Gasteiger partial charge in [0.15, 0.2) is 5.79 Å². The van der Waals surface area contributed by atoms with Crippen LogP contribution in [0.4, 0.5) is 0 Å². The standard InChI is InChI=1S/C32H38O4Si/c1-30(2,3)37(27-16-9-5-10-17-27,28-18-11-6-12-19-28)35-24-26-23-31(22-25-14-7-4-8-15-25)29(33)20-13-21-32(31,34)36-26/h4-12,14-19,26,34H,13,20-24H2,1-3H3/t26-,31-,32+/m0/s1. The van der Waals surface area contributed by atoms with Gasteiger partial charge in [0.1, 0.15) is 5.78 Å². The van der Waals surface area contributed by atoms with Gasteiger partial charge in [-0.3, -0.25) is 4.79 Å². The van der Waals surface area contributed by atoms with E-state index in [1.54, 1.807) is 0 Å². The topological polar surface area (TPSA) is 55.8 Å². The quantitative estimate of drug-likeness (QED) is 0.450. The fourth-order valence-corrected chi connectivity index (χ4v) is 11.3. The van der Waals surface area contributed by atoms with Gasteiger partial charge in [-0.05, 0) is 40.2 Å². The van der Waals surface area contributed by atoms with Crippen LogP contribution in [-0.4, -0.2) is 37.7 Å². The van der Waals surface area contributed by atoms with Crippen molar-refractivity contribution in [3.63, 3.8) is 0 Å². The zero-order valence-electron chi connectivity index (χ0n) is 22.2. The third-order valence-corrected chi connectivity index (χ3v) is 13.4. The Morgan fingerprint density at radius 3 is 2.00 bits per heavy atom. The summed E-state index contributed by atoms with van der Waals surface area (Å²) < 4.78 is 13.5. The first-order valence-electron chi connectivity index (χ1n) is 13.4. The molecule has 4 nitrogen and oxygen atoms in total. The van der Waals surface area contributed by atoms with Gasteiger partial charge < -0.3 is 14.3 Å². The third-order valence-electron chi connectivity index (χ3n) is 8.39. The molecule has 0 unspecified atom stereocenters. The van der Waals surface area contributed by atoms with Crippen molar-refractivity contribution in [2.45, 2.75) is 69.8 Å². The lowest BCUT2D eigenvalue weighted by Crippen LogP contribution is -2.67. The Bertz CT molecular complexity index is 1170. The number of carbonyl (C=O) groups excluding carboxylic acids is 1. The van der Waals surface area contributed by atoms with Gasteiger partial charge in [0, 0.05) is 12.8 Å². The number of fused-ring (bicyclic) bond motifs is 1. The Labute approximate surface area is 221 Å². The predicted molar refractivity (Wildman–Crippen MR) is 149 cm³/mol. The van der Waals surface area contributed by atoms with Gasteiger partial charge in [-0.25, -0.2) is 0 Å². The van der Waals surface area contributed by atoms with Crippen molar-refractivity contribution >= 4 is 24.5 Å². The van der Waals surface area contributed by atoms with Gasteiger partial charge in [-0.2, -0.15) is 0 Å². The van der Waals surface area contributed by atoms with Crippen LogP contribution < -0.4 is 10.4 Å². The van der Waals surface area contributed by atoms with E-state index < -0.39 is 19.5 Å². The molecular formula is C32H38O4Si. The highest BCUT2D eigenvalue weighted by Gasteiger charge is 2.64. The summed E-state index contributed by atoms with van der Waals surface area (Å²) in [4.78, 5) is 13.5. The second-order valence-electron chi connectivity index (χ2n) is 11.7. The lowest BCUT2D eigenvalue weighted by atomic mass is 9.64. The predicted octanol–water partition coefficient (Wildman–Crippen LogP) is 5.02. The molecule has 3 aromatic carbocycles. The average molecular weight is 515 g/mol. The molecule has 2 fully saturated rings. The minimum Gasteiger partial charge on any atom is -0.405 e. The average Bonchev–Trinajstić information content (AvgIpc) is 3.18. The first-order chi connectivity index (χ1) is 17.7. The zero-order valence-corrected chi connectivity index (χ0v) is 23.2. The van der Waals surface area contributed by atoms with Gasteiger partial charge in [-0.15, -0.1) is 0 Å². The largest absolute Gasteiger partial charge is 0.405 e. The van der Waals surface area contributed by atoms with Crippen LogP contribution in [0, 0.1) is 5.41 Å². The van der Waals surface area contributed by atoms with Crippen LogP contribution in [0.25, 0.3) is 0 Å². The van der Waals surface area contributed by atoms with E-state index in [0.717, 1.165) is 5.56 Å². The molecule has 2 aliphatic rings. The number of hydrogen-bond donors (Lipinski definition) is 1. The molecule has 194 valence electrons. The van der Waals surface area contributed by atoms with Gasteiger partial charge >= 0.3 is 0 Å². The molecule has 1 saturated carbocycles. The Hall–Kier alpha value is -2.57. The lowest BCUT2D eigenvalue weighted by Gasteiger charge is -2.43. The van der Waals surface area contributed by atoms with Crippen molar-refractivity contribution < 1.29 is 19.1 Å². The highest BCUT2D eigenvalue weighted by Crippen LogP contribution is 2.54. The van der Waals surface area contributed by atoms with Gasteiger partial charge in [-0.1, -0.05) is 112 Å². The first-order valence-corrected chi connectivity index (χ1v) is 15.3. The molecule has 5 rings (SSSR count). The van der Waals surface area contributed by atoms with Crippen LogP contribution in [0.5, 0.6) is 0 Å². The molecule has 0 spiro atoms. The molecule has 1 heterocycles. The molecular weight excluding hydrogens is 476 g/mol. The van der Waals surface area contributed by atoms with E-state index in [-0.39, 0.29) is 16.9 Å². The molecule has 1 aliphatic carbocycles. The lowest BCUT2D eigenvalue weighted by molar-refractivity contribution is -0.248. The fourth-order valence-electron chi connectivity index (χ4n) is 6.66. The molecule has 0 amide bonds. The third kappa shape index (κ3) is 4.52. The highest BCUT2D eigenvalue weighted by atomic mass is 28.4. The highest BCUT2D eigenvalue weighted by molar-refractivity contribution is 6.99. The van der Waals surface area contributed by atoms with Crippen LogP contribution in [0.2, 0.25) is 5.04 Å². The smallest absolute Gasteiger partial charge is 0.261 e. The van der Waals surface area contributed by atoms with Crippen molar-refractivity contribution in [1.82, 2.24) is 0 Å². The molecule has 1 saturated heterocycles. The minimum atomic E-state index is -2.75. The van der Waals surface area contributed by atoms with Crippen molar-refractivity contribution in [2.75, 3.05) is 6.61 Å². The first kappa shape index (κ1) is 26.1. The van der Waals surface area contributed by atoms with Gasteiger partial charge in [0.2, 0.25) is 0 Å². The normalized spacial score (nSPS) is 26.2. The number of rotatable bonds is 7. The molecule has 0 aromatic heterocycles. The van der Waals surface area contributed by atoms with E-state index in [1.165, 1.54) is 10.4 Å². The zero-order chi connectivity index (χ0) is 26.2. The molecule has 3 atom stereocenters. The summed E-state index contributed by atoms with van der Waals surface area (Å²) >= 11 is 0. The Balaban J connectivity index is 1.49. The van der Waals surface area contributed by atoms with E-state index in [9.17, 15) is 9.90 Å². The van der Waals surface area contributed by atoms with Crippen LogP contribution in [0.15, 0.2) is 91.0 Å². The van der Waals surface area contributed by atoms with Crippen LogP contribution in [0.3, 0.4) is 0 Å². The molecule has 0 bridgehead atoms. The number of ketones is 1. The summed E-state index contributed by atoms with van der Waals surface area (Å²) in [5, 5.41) is 14.1. The Morgan fingerprint density at radius 1 is 0.919 bits per heavy atom. The minimum absolute atomic E-state index is 0.109. The van der Waals surface area contributed by atoms with Crippen molar-refractivity contribution in [3.05, 3.63) is 96.6 Å². The number of Topliss-reactive ketones (excluding diaryl/α,β-unsaturated/α-hetero) is 1.